The number of amides is 1. The summed E-state index contributed by atoms with van der Waals surface area (Å²) >= 11 is 0. The molecule has 1 heterocycles. The predicted molar refractivity (Wildman–Crippen MR) is 80.8 cm³/mol. The summed E-state index contributed by atoms with van der Waals surface area (Å²) in [5.74, 6) is 0.391. The Hall–Kier alpha value is -2.66. The Morgan fingerprint density at radius 3 is 2.95 bits per heavy atom. The molecule has 2 N–H and O–H groups in total. The highest BCUT2D eigenvalue weighted by Crippen LogP contribution is 2.19. The van der Waals surface area contributed by atoms with Crippen LogP contribution in [0.3, 0.4) is 0 Å². The summed E-state index contributed by atoms with van der Waals surface area (Å²) in [6.45, 7) is -0.158. The number of ether oxygens (including phenoxy) is 1. The number of carbonyl (C=O) groups excluding carboxylic acids is 1. The molecule has 5 nitrogen and oxygen atoms in total. The second kappa shape index (κ2) is 7.21. The van der Waals surface area contributed by atoms with Gasteiger partial charge in [0.2, 0.25) is 5.91 Å². The van der Waals surface area contributed by atoms with Crippen LogP contribution < -0.4 is 10.1 Å². The lowest BCUT2D eigenvalue weighted by molar-refractivity contribution is -0.111. The molecule has 5 heteroatoms. The van der Waals surface area contributed by atoms with E-state index in [0.29, 0.717) is 17.0 Å². The maximum Gasteiger partial charge on any atom is 0.248 e. The molecule has 0 bridgehead atoms. The van der Waals surface area contributed by atoms with E-state index in [1.54, 1.807) is 25.4 Å². The molecule has 1 aromatic carbocycles. The van der Waals surface area contributed by atoms with Crippen LogP contribution in [0.15, 0.2) is 48.8 Å². The average Bonchev–Trinajstić information content (AvgIpc) is 2.53. The number of aliphatic hydroxyl groups is 1. The minimum Gasteiger partial charge on any atom is -0.496 e. The first kappa shape index (κ1) is 14.7. The highest BCUT2D eigenvalue weighted by atomic mass is 16.5. The number of aliphatic hydroxyl groups excluding tert-OH is 1. The summed E-state index contributed by atoms with van der Waals surface area (Å²) in [7, 11) is 1.58. The summed E-state index contributed by atoms with van der Waals surface area (Å²) in [5, 5.41) is 11.9. The van der Waals surface area contributed by atoms with Crippen LogP contribution >= 0.6 is 0 Å². The number of methoxy groups -OCH3 is 1. The number of benzene rings is 1. The van der Waals surface area contributed by atoms with E-state index in [1.165, 1.54) is 12.3 Å². The summed E-state index contributed by atoms with van der Waals surface area (Å²) in [6, 6.07) is 9.05. The number of aromatic nitrogens is 1. The van der Waals surface area contributed by atoms with Gasteiger partial charge in [0.15, 0.2) is 0 Å². The number of pyridine rings is 1. The fourth-order valence-corrected chi connectivity index (χ4v) is 1.82. The molecule has 21 heavy (non-hydrogen) atoms. The van der Waals surface area contributed by atoms with Gasteiger partial charge >= 0.3 is 0 Å². The molecule has 0 saturated heterocycles. The van der Waals surface area contributed by atoms with Gasteiger partial charge in [-0.2, -0.15) is 0 Å². The Labute approximate surface area is 122 Å². The Kier molecular flexibility index (Phi) is 5.06. The van der Waals surface area contributed by atoms with Gasteiger partial charge in [-0.1, -0.05) is 18.2 Å². The van der Waals surface area contributed by atoms with Gasteiger partial charge in [-0.15, -0.1) is 0 Å². The zero-order valence-corrected chi connectivity index (χ0v) is 11.6. The second-order valence-corrected chi connectivity index (χ2v) is 4.26. The number of carbonyl (C=O) groups is 1. The topological polar surface area (TPSA) is 71.5 Å². The summed E-state index contributed by atoms with van der Waals surface area (Å²) in [4.78, 5) is 15.8. The lowest BCUT2D eigenvalue weighted by Crippen LogP contribution is -2.10. The van der Waals surface area contributed by atoms with E-state index in [9.17, 15) is 9.90 Å². The number of hydrogen-bond donors (Lipinski definition) is 2. The van der Waals surface area contributed by atoms with Crippen molar-refractivity contribution in [2.75, 3.05) is 12.4 Å². The molecular weight excluding hydrogens is 268 g/mol. The fourth-order valence-electron chi connectivity index (χ4n) is 1.82. The van der Waals surface area contributed by atoms with Gasteiger partial charge in [0, 0.05) is 23.4 Å². The number of nitrogens with one attached hydrogen (secondary N) is 1. The predicted octanol–water partition coefficient (Wildman–Crippen LogP) is 2.23. The van der Waals surface area contributed by atoms with Crippen molar-refractivity contribution in [1.82, 2.24) is 4.98 Å². The first-order valence-corrected chi connectivity index (χ1v) is 6.40. The molecule has 0 radical (unpaired) electrons. The van der Waals surface area contributed by atoms with Gasteiger partial charge < -0.3 is 15.2 Å². The van der Waals surface area contributed by atoms with Crippen LogP contribution in [0.25, 0.3) is 6.08 Å². The van der Waals surface area contributed by atoms with Crippen molar-refractivity contribution in [1.29, 1.82) is 0 Å². The van der Waals surface area contributed by atoms with Crippen molar-refractivity contribution >= 4 is 17.7 Å². The van der Waals surface area contributed by atoms with Crippen molar-refractivity contribution in [3.8, 4) is 5.75 Å². The van der Waals surface area contributed by atoms with Crippen LogP contribution in [0.2, 0.25) is 0 Å². The largest absolute Gasteiger partial charge is 0.496 e. The third kappa shape index (κ3) is 3.90. The van der Waals surface area contributed by atoms with E-state index in [1.807, 2.05) is 24.3 Å². The molecular formula is C16H16N2O3. The highest BCUT2D eigenvalue weighted by Gasteiger charge is 2.04. The molecule has 2 aromatic rings. The summed E-state index contributed by atoms with van der Waals surface area (Å²) in [5.41, 5.74) is 1.92. The van der Waals surface area contributed by atoms with Crippen molar-refractivity contribution in [2.45, 2.75) is 6.61 Å². The van der Waals surface area contributed by atoms with Crippen molar-refractivity contribution in [3.05, 3.63) is 59.9 Å². The van der Waals surface area contributed by atoms with Gasteiger partial charge in [0.05, 0.1) is 25.6 Å². The van der Waals surface area contributed by atoms with Gasteiger partial charge in [0.25, 0.3) is 0 Å². The first-order chi connectivity index (χ1) is 10.2. The third-order valence-corrected chi connectivity index (χ3v) is 2.89. The quantitative estimate of drug-likeness (QED) is 0.826. The van der Waals surface area contributed by atoms with E-state index in [-0.39, 0.29) is 12.5 Å². The van der Waals surface area contributed by atoms with Crippen LogP contribution in [0.5, 0.6) is 5.75 Å². The third-order valence-electron chi connectivity index (χ3n) is 2.89. The van der Waals surface area contributed by atoms with Crippen LogP contribution in [0.1, 0.15) is 11.1 Å². The van der Waals surface area contributed by atoms with E-state index in [4.69, 9.17) is 4.74 Å². The van der Waals surface area contributed by atoms with Gasteiger partial charge in [-0.3, -0.25) is 9.78 Å². The molecule has 0 unspecified atom stereocenters. The van der Waals surface area contributed by atoms with E-state index in [0.717, 1.165) is 5.56 Å². The van der Waals surface area contributed by atoms with E-state index in [2.05, 4.69) is 10.3 Å². The SMILES string of the molecule is COc1ccccc1/C=C/C(=O)Nc1cnccc1CO. The van der Waals surface area contributed by atoms with Gasteiger partial charge in [-0.25, -0.2) is 0 Å². The molecule has 0 aliphatic carbocycles. The number of hydrogen-bond acceptors (Lipinski definition) is 4. The van der Waals surface area contributed by atoms with Crippen LogP contribution in [0, 0.1) is 0 Å². The van der Waals surface area contributed by atoms with Gasteiger partial charge in [0.1, 0.15) is 5.75 Å². The van der Waals surface area contributed by atoms with Crippen LogP contribution in [-0.4, -0.2) is 23.1 Å². The molecule has 2 rings (SSSR count). The molecule has 0 aliphatic rings. The zero-order chi connectivity index (χ0) is 15.1. The Morgan fingerprint density at radius 1 is 1.38 bits per heavy atom. The lowest BCUT2D eigenvalue weighted by Gasteiger charge is -2.06. The first-order valence-electron chi connectivity index (χ1n) is 6.40. The molecule has 0 spiro atoms. The Morgan fingerprint density at radius 2 is 2.19 bits per heavy atom. The fraction of sp³-hybridized carbons (Fsp3) is 0.125. The number of para-hydroxylation sites is 1. The van der Waals surface area contributed by atoms with Crippen molar-refractivity contribution < 1.29 is 14.6 Å². The highest BCUT2D eigenvalue weighted by molar-refractivity contribution is 6.02. The van der Waals surface area contributed by atoms with Crippen LogP contribution in [-0.2, 0) is 11.4 Å². The molecule has 108 valence electrons. The molecule has 0 saturated carbocycles. The van der Waals surface area contributed by atoms with Crippen LogP contribution in [0.4, 0.5) is 5.69 Å². The number of rotatable bonds is 5. The number of nitrogens with zero attached hydrogens (tertiary/aromatic N) is 1. The zero-order valence-electron chi connectivity index (χ0n) is 11.6. The molecule has 0 aliphatic heterocycles. The number of anilines is 1. The minimum absolute atomic E-state index is 0.158. The summed E-state index contributed by atoms with van der Waals surface area (Å²) in [6.07, 6.45) is 6.14. The lowest BCUT2D eigenvalue weighted by atomic mass is 10.2. The Balaban J connectivity index is 2.09. The molecule has 1 amide bonds. The summed E-state index contributed by atoms with van der Waals surface area (Å²) < 4.78 is 5.21. The maximum absolute atomic E-state index is 11.9. The van der Waals surface area contributed by atoms with E-state index >= 15 is 0 Å². The molecule has 1 aromatic heterocycles. The molecule has 0 fully saturated rings. The Bertz CT molecular complexity index is 653. The van der Waals surface area contributed by atoms with E-state index < -0.39 is 0 Å². The standard InChI is InChI=1S/C16H16N2O3/c1-21-15-5-3-2-4-12(15)6-7-16(20)18-14-10-17-9-8-13(14)11-19/h2-10,19H,11H2,1H3,(H,18,20)/b7-6+. The second-order valence-electron chi connectivity index (χ2n) is 4.26. The normalized spacial score (nSPS) is 10.6. The average molecular weight is 284 g/mol. The molecule has 0 atom stereocenters. The van der Waals surface area contributed by atoms with Gasteiger partial charge in [-0.05, 0) is 18.2 Å². The van der Waals surface area contributed by atoms with Crippen molar-refractivity contribution in [3.63, 3.8) is 0 Å². The monoisotopic (exact) mass is 284 g/mol. The van der Waals surface area contributed by atoms with Crippen molar-refractivity contribution in [2.24, 2.45) is 0 Å². The maximum atomic E-state index is 11.9. The minimum atomic E-state index is -0.302. The smallest absolute Gasteiger partial charge is 0.248 e.